The van der Waals surface area contributed by atoms with Crippen LogP contribution in [0.25, 0.3) is 0 Å². The molecule has 1 radical (unpaired) electrons. The molecule has 0 bridgehead atoms. The van der Waals surface area contributed by atoms with E-state index in [2.05, 4.69) is 0 Å². The maximum atomic E-state index is 10.9. The molecule has 12 heavy (non-hydrogen) atoms. The van der Waals surface area contributed by atoms with Gasteiger partial charge in [-0.05, 0) is 13.0 Å². The average Bonchev–Trinajstić information content (AvgIpc) is 2.04. The fourth-order valence-electron chi connectivity index (χ4n) is 0.992. The minimum absolute atomic E-state index is 0.181. The summed E-state index contributed by atoms with van der Waals surface area (Å²) in [5, 5.41) is 19.8. The van der Waals surface area contributed by atoms with E-state index in [1.165, 1.54) is 19.1 Å². The van der Waals surface area contributed by atoms with Crippen molar-refractivity contribution in [3.63, 3.8) is 0 Å². The summed E-state index contributed by atoms with van der Waals surface area (Å²) < 4.78 is 0. The lowest BCUT2D eigenvalue weighted by Gasteiger charge is -2.03. The third kappa shape index (κ3) is 1.46. The van der Waals surface area contributed by atoms with E-state index >= 15 is 0 Å². The highest BCUT2D eigenvalue weighted by Crippen LogP contribution is 2.22. The summed E-state index contributed by atoms with van der Waals surface area (Å²) in [6.45, 7) is 0.844. The van der Waals surface area contributed by atoms with Crippen molar-refractivity contribution in [2.24, 2.45) is 0 Å². The molecule has 1 N–H and O–H groups in total. The summed E-state index contributed by atoms with van der Waals surface area (Å²) in [5.74, 6) is -0.414. The zero-order valence-corrected chi connectivity index (χ0v) is 6.70. The Balaban J connectivity index is 3.23. The highest BCUT2D eigenvalue weighted by molar-refractivity contribution is 5.97. The Bertz CT molecular complexity index is 305. The molecule has 0 aliphatic rings. The highest BCUT2D eigenvalue weighted by atomic mass is 16.3. The predicted molar refractivity (Wildman–Crippen MR) is 42.5 cm³/mol. The first-order valence-corrected chi connectivity index (χ1v) is 3.56. The van der Waals surface area contributed by atoms with Crippen LogP contribution in [0.3, 0.4) is 0 Å². The van der Waals surface area contributed by atoms with E-state index in [4.69, 9.17) is 0 Å². The van der Waals surface area contributed by atoms with E-state index in [1.807, 2.05) is 0 Å². The molecule has 0 amide bonds. The number of rotatable bonds is 2. The van der Waals surface area contributed by atoms with Crippen LogP contribution in [0, 0.1) is 0 Å². The van der Waals surface area contributed by atoms with Gasteiger partial charge in [-0.2, -0.15) is 0 Å². The van der Waals surface area contributed by atoms with Gasteiger partial charge >= 0.3 is 0 Å². The monoisotopic (exact) mass is 165 g/mol. The van der Waals surface area contributed by atoms with Crippen molar-refractivity contribution in [2.45, 2.75) is 13.5 Å². The smallest absolute Gasteiger partial charge is 0.163 e. The molecule has 0 spiro atoms. The van der Waals surface area contributed by atoms with Crippen molar-refractivity contribution < 1.29 is 15.0 Å². The molecule has 3 nitrogen and oxygen atoms in total. The van der Waals surface area contributed by atoms with Crippen LogP contribution in [-0.2, 0) is 11.7 Å². The van der Waals surface area contributed by atoms with Gasteiger partial charge in [-0.25, -0.2) is 5.11 Å². The Kier molecular flexibility index (Phi) is 2.45. The van der Waals surface area contributed by atoms with E-state index in [0.29, 0.717) is 0 Å². The molecule has 0 unspecified atom stereocenters. The second kappa shape index (κ2) is 3.36. The number of aromatic hydroxyl groups is 1. The van der Waals surface area contributed by atoms with E-state index in [-0.39, 0.29) is 22.7 Å². The standard InChI is InChI=1S/C9H9O3/c1-6(11)8-4-2-3-7(5-10)9(8)12/h2-4,12H,5H2,1H3. The van der Waals surface area contributed by atoms with Crippen LogP contribution in [0.4, 0.5) is 0 Å². The molecule has 0 aliphatic heterocycles. The Morgan fingerprint density at radius 2 is 2.17 bits per heavy atom. The van der Waals surface area contributed by atoms with E-state index < -0.39 is 6.61 Å². The second-order valence-corrected chi connectivity index (χ2v) is 2.51. The molecule has 0 saturated heterocycles. The first-order valence-electron chi connectivity index (χ1n) is 3.56. The van der Waals surface area contributed by atoms with Gasteiger partial charge in [-0.3, -0.25) is 4.79 Å². The van der Waals surface area contributed by atoms with Crippen LogP contribution in [0.2, 0.25) is 0 Å². The summed E-state index contributed by atoms with van der Waals surface area (Å²) in [6.07, 6.45) is 0. The summed E-state index contributed by atoms with van der Waals surface area (Å²) in [4.78, 5) is 10.9. The van der Waals surface area contributed by atoms with Gasteiger partial charge in [0.05, 0.1) is 5.56 Å². The molecule has 0 aliphatic carbocycles. The van der Waals surface area contributed by atoms with Crippen molar-refractivity contribution in [1.82, 2.24) is 0 Å². The fraction of sp³-hybridized carbons (Fsp3) is 0.222. The summed E-state index contributed by atoms with van der Waals surface area (Å²) in [6, 6.07) is 4.59. The van der Waals surface area contributed by atoms with Crippen molar-refractivity contribution in [3.8, 4) is 5.75 Å². The molecule has 0 saturated carbocycles. The number of hydrogen-bond acceptors (Lipinski definition) is 2. The van der Waals surface area contributed by atoms with Gasteiger partial charge in [0, 0.05) is 5.56 Å². The third-order valence-electron chi connectivity index (χ3n) is 1.65. The Morgan fingerprint density at radius 3 is 2.67 bits per heavy atom. The molecule has 0 fully saturated rings. The van der Waals surface area contributed by atoms with Crippen molar-refractivity contribution in [1.29, 1.82) is 0 Å². The average molecular weight is 165 g/mol. The summed E-state index contributed by atoms with van der Waals surface area (Å²) in [5.41, 5.74) is 0.478. The van der Waals surface area contributed by atoms with Crippen molar-refractivity contribution >= 4 is 5.78 Å². The molecule has 0 heterocycles. The third-order valence-corrected chi connectivity index (χ3v) is 1.65. The molecule has 63 valence electrons. The summed E-state index contributed by atoms with van der Waals surface area (Å²) in [7, 11) is 0. The largest absolute Gasteiger partial charge is 0.507 e. The van der Waals surface area contributed by atoms with Gasteiger partial charge < -0.3 is 5.11 Å². The van der Waals surface area contributed by atoms with Crippen LogP contribution in [0.5, 0.6) is 5.75 Å². The lowest BCUT2D eigenvalue weighted by atomic mass is 10.1. The SMILES string of the molecule is CC(=O)c1cccc(C[O])c1O. The maximum absolute atomic E-state index is 10.9. The van der Waals surface area contributed by atoms with Gasteiger partial charge in [-0.15, -0.1) is 0 Å². The lowest BCUT2D eigenvalue weighted by Crippen LogP contribution is -1.95. The Morgan fingerprint density at radius 1 is 1.50 bits per heavy atom. The Hall–Kier alpha value is -1.35. The minimum atomic E-state index is -0.507. The Labute approximate surface area is 70.3 Å². The molecular weight excluding hydrogens is 156 g/mol. The second-order valence-electron chi connectivity index (χ2n) is 2.51. The van der Waals surface area contributed by atoms with Crippen molar-refractivity contribution in [2.75, 3.05) is 0 Å². The number of phenols is 1. The van der Waals surface area contributed by atoms with E-state index in [9.17, 15) is 15.0 Å². The zero-order valence-electron chi connectivity index (χ0n) is 6.70. The molecule has 1 rings (SSSR count). The number of carbonyl (C=O) groups is 1. The normalized spacial score (nSPS) is 9.83. The van der Waals surface area contributed by atoms with Crippen LogP contribution >= 0.6 is 0 Å². The predicted octanol–water partition coefficient (Wildman–Crippen LogP) is 1.53. The first kappa shape index (κ1) is 8.74. The van der Waals surface area contributed by atoms with Crippen LogP contribution in [-0.4, -0.2) is 10.9 Å². The molecule has 1 aromatic rings. The van der Waals surface area contributed by atoms with Crippen LogP contribution in [0.1, 0.15) is 22.8 Å². The number of para-hydroxylation sites is 1. The van der Waals surface area contributed by atoms with Gasteiger partial charge in [0.1, 0.15) is 12.4 Å². The molecular formula is C9H9O3. The highest BCUT2D eigenvalue weighted by Gasteiger charge is 2.09. The lowest BCUT2D eigenvalue weighted by molar-refractivity contribution is 0.101. The number of carbonyl (C=O) groups excluding carboxylic acids is 1. The van der Waals surface area contributed by atoms with Crippen LogP contribution in [0.15, 0.2) is 18.2 Å². The number of hydrogen-bond donors (Lipinski definition) is 1. The zero-order chi connectivity index (χ0) is 9.14. The van der Waals surface area contributed by atoms with Gasteiger partial charge in [0.15, 0.2) is 5.78 Å². The minimum Gasteiger partial charge on any atom is -0.507 e. The van der Waals surface area contributed by atoms with Gasteiger partial charge in [0.2, 0.25) is 0 Å². The molecule has 1 aromatic carbocycles. The van der Waals surface area contributed by atoms with Gasteiger partial charge in [-0.1, -0.05) is 12.1 Å². The molecule has 3 heteroatoms. The number of benzene rings is 1. The molecule has 0 atom stereocenters. The van der Waals surface area contributed by atoms with Gasteiger partial charge in [0.25, 0.3) is 0 Å². The number of Topliss-reactive ketones (excluding diaryl/α,β-unsaturated/α-hetero) is 1. The van der Waals surface area contributed by atoms with Crippen LogP contribution < -0.4 is 0 Å². The van der Waals surface area contributed by atoms with E-state index in [1.54, 1.807) is 6.07 Å². The van der Waals surface area contributed by atoms with Crippen molar-refractivity contribution in [3.05, 3.63) is 29.3 Å². The summed E-state index contributed by atoms with van der Waals surface area (Å²) >= 11 is 0. The maximum Gasteiger partial charge on any atom is 0.163 e. The first-order chi connectivity index (χ1) is 5.66. The topological polar surface area (TPSA) is 57.2 Å². The number of ketones is 1. The van der Waals surface area contributed by atoms with E-state index in [0.717, 1.165) is 0 Å². The molecule has 0 aromatic heterocycles. The fourth-order valence-corrected chi connectivity index (χ4v) is 0.992. The quantitative estimate of drug-likeness (QED) is 0.675. The number of phenolic OH excluding ortho intramolecular Hbond substituents is 1.